The molecule has 31 heavy (non-hydrogen) atoms. The molecule has 0 nitrogen and oxygen atoms in total. The molecular weight excluding hydrogens is 372 g/mol. The molecule has 1 aliphatic rings. The quantitative estimate of drug-likeness (QED) is 0.322. The minimum absolute atomic E-state index is 0.801. The Bertz CT molecular complexity index is 716. The molecule has 2 aromatic carbocycles. The van der Waals surface area contributed by atoms with Crippen molar-refractivity contribution in [3.05, 3.63) is 70.8 Å². The highest BCUT2D eigenvalue weighted by Crippen LogP contribution is 2.37. The van der Waals surface area contributed by atoms with E-state index in [1.807, 2.05) is 0 Å². The molecule has 0 unspecified atom stereocenters. The minimum Gasteiger partial charge on any atom is -0.0654 e. The molecule has 0 aromatic heterocycles. The van der Waals surface area contributed by atoms with E-state index < -0.39 is 0 Å². The Hall–Kier alpha value is -1.56. The summed E-state index contributed by atoms with van der Waals surface area (Å²) >= 11 is 0. The molecule has 0 aliphatic heterocycles. The van der Waals surface area contributed by atoms with Crippen molar-refractivity contribution >= 4 is 0 Å². The Morgan fingerprint density at radius 3 is 1.87 bits per heavy atom. The second-order valence-corrected chi connectivity index (χ2v) is 10.2. The fourth-order valence-corrected chi connectivity index (χ4v) is 5.74. The van der Waals surface area contributed by atoms with Gasteiger partial charge in [-0.3, -0.25) is 0 Å². The second kappa shape index (κ2) is 13.1. The van der Waals surface area contributed by atoms with E-state index in [-0.39, 0.29) is 0 Å². The van der Waals surface area contributed by atoms with Gasteiger partial charge < -0.3 is 0 Å². The van der Waals surface area contributed by atoms with Gasteiger partial charge in [0.25, 0.3) is 0 Å². The lowest BCUT2D eigenvalue weighted by molar-refractivity contribution is 0.308. The molecule has 1 saturated carbocycles. The summed E-state index contributed by atoms with van der Waals surface area (Å²) in [7, 11) is 0. The number of benzene rings is 2. The molecular formula is C31H46. The Balaban J connectivity index is 1.49. The molecule has 0 heterocycles. The van der Waals surface area contributed by atoms with E-state index in [0.29, 0.717) is 0 Å². The lowest BCUT2D eigenvalue weighted by atomic mass is 9.77. The summed E-state index contributed by atoms with van der Waals surface area (Å²) in [4.78, 5) is 0. The molecule has 0 amide bonds. The SMILES string of the molecule is CCCc1ccc(C[C@H](CCC)CCc2ccc(C3CCC(CCC)CC3)cc2)cc1. The van der Waals surface area contributed by atoms with Crippen LogP contribution in [-0.4, -0.2) is 0 Å². The predicted octanol–water partition coefficient (Wildman–Crippen LogP) is 9.30. The molecule has 1 atom stereocenters. The fraction of sp³-hybridized carbons (Fsp3) is 0.613. The standard InChI is InChI=1S/C31H46/c1-4-7-25-10-14-29(15-11-25)24-28(9-6-3)13-12-27-18-22-31(23-19-27)30-20-16-26(8-5-2)17-21-30/h10-11,14-15,18-19,22-23,26,28,30H,4-9,12-13,16-17,20-21,24H2,1-3H3/t26?,28-,30?/m1/s1. The van der Waals surface area contributed by atoms with Crippen LogP contribution in [0, 0.1) is 11.8 Å². The van der Waals surface area contributed by atoms with Crippen molar-refractivity contribution in [1.82, 2.24) is 0 Å². The third-order valence-electron chi connectivity index (χ3n) is 7.62. The van der Waals surface area contributed by atoms with E-state index in [1.54, 1.807) is 5.56 Å². The third-order valence-corrected chi connectivity index (χ3v) is 7.62. The minimum atomic E-state index is 0.801. The van der Waals surface area contributed by atoms with Gasteiger partial charge in [0.15, 0.2) is 0 Å². The van der Waals surface area contributed by atoms with Crippen LogP contribution < -0.4 is 0 Å². The molecule has 0 heteroatoms. The van der Waals surface area contributed by atoms with Gasteiger partial charge in [0.2, 0.25) is 0 Å². The van der Waals surface area contributed by atoms with Crippen LogP contribution in [0.3, 0.4) is 0 Å². The molecule has 1 fully saturated rings. The normalized spacial score (nSPS) is 20.0. The first-order valence-corrected chi connectivity index (χ1v) is 13.4. The summed E-state index contributed by atoms with van der Waals surface area (Å²) in [5, 5.41) is 0. The van der Waals surface area contributed by atoms with Crippen LogP contribution in [0.4, 0.5) is 0 Å². The van der Waals surface area contributed by atoms with Gasteiger partial charge >= 0.3 is 0 Å². The van der Waals surface area contributed by atoms with Crippen LogP contribution in [0.25, 0.3) is 0 Å². The Morgan fingerprint density at radius 2 is 1.26 bits per heavy atom. The van der Waals surface area contributed by atoms with Crippen LogP contribution in [0.1, 0.15) is 113 Å². The van der Waals surface area contributed by atoms with Crippen molar-refractivity contribution in [2.24, 2.45) is 11.8 Å². The zero-order valence-corrected chi connectivity index (χ0v) is 20.5. The van der Waals surface area contributed by atoms with Gasteiger partial charge in [-0.15, -0.1) is 0 Å². The summed E-state index contributed by atoms with van der Waals surface area (Å²) in [6, 6.07) is 19.2. The molecule has 0 bridgehead atoms. The van der Waals surface area contributed by atoms with Gasteiger partial charge in [-0.1, -0.05) is 101 Å². The number of aryl methyl sites for hydroxylation is 2. The average Bonchev–Trinajstić information content (AvgIpc) is 2.80. The highest BCUT2D eigenvalue weighted by Gasteiger charge is 2.21. The lowest BCUT2D eigenvalue weighted by Gasteiger charge is -2.28. The largest absolute Gasteiger partial charge is 0.0654 e. The highest BCUT2D eigenvalue weighted by atomic mass is 14.3. The molecule has 2 aromatic rings. The van der Waals surface area contributed by atoms with E-state index in [1.165, 1.54) is 100 Å². The first-order valence-electron chi connectivity index (χ1n) is 13.4. The van der Waals surface area contributed by atoms with Gasteiger partial charge in [-0.25, -0.2) is 0 Å². The van der Waals surface area contributed by atoms with Gasteiger partial charge in [-0.2, -0.15) is 0 Å². The van der Waals surface area contributed by atoms with Crippen molar-refractivity contribution in [2.45, 2.75) is 110 Å². The summed E-state index contributed by atoms with van der Waals surface area (Å²) < 4.78 is 0. The topological polar surface area (TPSA) is 0 Å². The van der Waals surface area contributed by atoms with Gasteiger partial charge in [0.05, 0.1) is 0 Å². The molecule has 1 aliphatic carbocycles. The first kappa shape index (κ1) is 24.1. The molecule has 3 rings (SSSR count). The van der Waals surface area contributed by atoms with Gasteiger partial charge in [0, 0.05) is 0 Å². The zero-order valence-electron chi connectivity index (χ0n) is 20.5. The maximum Gasteiger partial charge on any atom is -0.0162 e. The number of hydrogen-bond acceptors (Lipinski definition) is 0. The summed E-state index contributed by atoms with van der Waals surface area (Å²) in [5.41, 5.74) is 6.13. The molecule has 0 saturated heterocycles. The Morgan fingerprint density at radius 1 is 0.645 bits per heavy atom. The van der Waals surface area contributed by atoms with Crippen LogP contribution in [0.2, 0.25) is 0 Å². The summed E-state index contributed by atoms with van der Waals surface area (Å²) in [6.07, 6.45) is 17.3. The average molecular weight is 419 g/mol. The van der Waals surface area contributed by atoms with Crippen molar-refractivity contribution in [3.8, 4) is 0 Å². The first-order chi connectivity index (χ1) is 15.2. The summed E-state index contributed by atoms with van der Waals surface area (Å²) in [5.74, 6) is 2.61. The molecule has 170 valence electrons. The third kappa shape index (κ3) is 7.81. The highest BCUT2D eigenvalue weighted by molar-refractivity contribution is 5.26. The lowest BCUT2D eigenvalue weighted by Crippen LogP contribution is -2.13. The predicted molar refractivity (Wildman–Crippen MR) is 137 cm³/mol. The van der Waals surface area contributed by atoms with E-state index in [2.05, 4.69) is 69.3 Å². The molecule has 0 radical (unpaired) electrons. The Labute approximate surface area is 192 Å². The molecule has 0 spiro atoms. The van der Waals surface area contributed by atoms with Crippen LogP contribution in [0.15, 0.2) is 48.5 Å². The zero-order chi connectivity index (χ0) is 21.9. The van der Waals surface area contributed by atoms with Gasteiger partial charge in [-0.05, 0) is 91.4 Å². The monoisotopic (exact) mass is 418 g/mol. The van der Waals surface area contributed by atoms with Crippen molar-refractivity contribution in [3.63, 3.8) is 0 Å². The second-order valence-electron chi connectivity index (χ2n) is 10.2. The number of hydrogen-bond donors (Lipinski definition) is 0. The van der Waals surface area contributed by atoms with E-state index in [4.69, 9.17) is 0 Å². The Kier molecular flexibility index (Phi) is 10.2. The maximum absolute atomic E-state index is 2.45. The van der Waals surface area contributed by atoms with Crippen molar-refractivity contribution in [1.29, 1.82) is 0 Å². The smallest absolute Gasteiger partial charge is 0.0162 e. The van der Waals surface area contributed by atoms with E-state index in [9.17, 15) is 0 Å². The maximum atomic E-state index is 2.45. The van der Waals surface area contributed by atoms with Crippen molar-refractivity contribution in [2.75, 3.05) is 0 Å². The summed E-state index contributed by atoms with van der Waals surface area (Å²) in [6.45, 7) is 6.93. The van der Waals surface area contributed by atoms with Gasteiger partial charge in [0.1, 0.15) is 0 Å². The van der Waals surface area contributed by atoms with Crippen LogP contribution in [-0.2, 0) is 19.3 Å². The fourth-order valence-electron chi connectivity index (χ4n) is 5.74. The van der Waals surface area contributed by atoms with Crippen molar-refractivity contribution < 1.29 is 0 Å². The van der Waals surface area contributed by atoms with Crippen LogP contribution >= 0.6 is 0 Å². The van der Waals surface area contributed by atoms with E-state index >= 15 is 0 Å². The van der Waals surface area contributed by atoms with Crippen LogP contribution in [0.5, 0.6) is 0 Å². The molecule has 0 N–H and O–H groups in total. The van der Waals surface area contributed by atoms with E-state index in [0.717, 1.165) is 17.8 Å². The number of rotatable bonds is 12.